The molecule has 308 valence electrons. The number of aryl methyl sites for hydroxylation is 2. The molecule has 0 aliphatic rings. The predicted molar refractivity (Wildman–Crippen MR) is 282 cm³/mol. The Bertz CT molecular complexity index is 3670. The fourth-order valence-corrected chi connectivity index (χ4v) is 10.7. The van der Waals surface area contributed by atoms with Gasteiger partial charge in [-0.3, -0.25) is 0 Å². The minimum atomic E-state index is -0.00602. The van der Waals surface area contributed by atoms with Crippen molar-refractivity contribution in [3.05, 3.63) is 185 Å². The van der Waals surface area contributed by atoms with Gasteiger partial charge >= 0.3 is 0 Å². The van der Waals surface area contributed by atoms with Crippen molar-refractivity contribution in [1.29, 1.82) is 0 Å². The Balaban J connectivity index is 0.000000413. The van der Waals surface area contributed by atoms with Crippen molar-refractivity contribution in [3.8, 4) is 11.1 Å². The molecule has 0 radical (unpaired) electrons. The quantitative estimate of drug-likeness (QED) is 0.156. The SMILES string of the molecule is C=Cc1c2cc3c4c(C)ccc(C(=C)C)c4c4cccc(c2cc2c1c(=C)c1c(C)c5ccccc5c(-c5cc(C(C)(C)C)cc(C(C)(C)C)c5)c12)c34.c1ccc2ccccc2c1. The molecule has 0 N–H and O–H groups in total. The van der Waals surface area contributed by atoms with Crippen molar-refractivity contribution in [2.24, 2.45) is 0 Å². The first-order valence-electron chi connectivity index (χ1n) is 22.4. The predicted octanol–water partition coefficient (Wildman–Crippen LogP) is 17.7. The standard InChI is InChI=1S/C53H48.C10H8/c1-13-35-41-26-43-45-29(4)21-22-36(28(2)3)50(45)40-20-16-19-39(49(40)43)42(41)27-44-47(35)31(6)46-30(5)37-17-14-15-18-38(37)48(51(44)46)32-23-33(52(7,8)9)25-34(24-32)53(10,11)12;1-2-6-10-8-4-3-7-9(10)5-1/h13-27H,1-2,6H2,3-5,7-12H3;1-8H. The summed E-state index contributed by atoms with van der Waals surface area (Å²) in [5.41, 5.74) is 11.3. The van der Waals surface area contributed by atoms with Crippen LogP contribution in [0.4, 0.5) is 0 Å². The Morgan fingerprint density at radius 1 is 0.476 bits per heavy atom. The average Bonchev–Trinajstić information content (AvgIpc) is 3.75. The third kappa shape index (κ3) is 6.17. The highest BCUT2D eigenvalue weighted by Crippen LogP contribution is 2.49. The second-order valence-corrected chi connectivity index (χ2v) is 20.0. The van der Waals surface area contributed by atoms with E-state index in [4.69, 9.17) is 6.58 Å². The first kappa shape index (κ1) is 40.3. The minimum Gasteiger partial charge on any atom is -0.0984 e. The van der Waals surface area contributed by atoms with Gasteiger partial charge in [-0.25, -0.2) is 0 Å². The van der Waals surface area contributed by atoms with Gasteiger partial charge in [0.05, 0.1) is 0 Å². The van der Waals surface area contributed by atoms with Gasteiger partial charge in [0, 0.05) is 0 Å². The van der Waals surface area contributed by atoms with Crippen molar-refractivity contribution in [2.75, 3.05) is 0 Å². The largest absolute Gasteiger partial charge is 0.0984 e. The number of fused-ring (bicyclic) bond motifs is 10. The zero-order valence-corrected chi connectivity index (χ0v) is 38.4. The second-order valence-electron chi connectivity index (χ2n) is 20.0. The molecule has 0 bridgehead atoms. The summed E-state index contributed by atoms with van der Waals surface area (Å²) in [5, 5.41) is 21.7. The van der Waals surface area contributed by atoms with E-state index in [9.17, 15) is 0 Å². The topological polar surface area (TPSA) is 0 Å². The van der Waals surface area contributed by atoms with E-state index >= 15 is 0 Å². The Labute approximate surface area is 372 Å². The monoisotopic (exact) mass is 812 g/mol. The van der Waals surface area contributed by atoms with E-state index in [-0.39, 0.29) is 10.8 Å². The Hall–Kier alpha value is -6.76. The van der Waals surface area contributed by atoms with E-state index in [2.05, 4.69) is 215 Å². The molecule has 63 heavy (non-hydrogen) atoms. The summed E-state index contributed by atoms with van der Waals surface area (Å²) in [7, 11) is 0. The highest BCUT2D eigenvalue weighted by atomic mass is 14.3. The van der Waals surface area contributed by atoms with Gasteiger partial charge in [0.15, 0.2) is 0 Å². The van der Waals surface area contributed by atoms with Crippen LogP contribution in [-0.2, 0) is 10.8 Å². The van der Waals surface area contributed by atoms with E-state index in [1.165, 1.54) is 125 Å². The van der Waals surface area contributed by atoms with Crippen molar-refractivity contribution in [1.82, 2.24) is 0 Å². The van der Waals surface area contributed by atoms with Gasteiger partial charge in [0.1, 0.15) is 0 Å². The smallest absolute Gasteiger partial charge is 0.00110 e. The van der Waals surface area contributed by atoms with Crippen LogP contribution in [0.1, 0.15) is 81.8 Å². The van der Waals surface area contributed by atoms with Gasteiger partial charge in [0.2, 0.25) is 0 Å². The molecule has 0 heteroatoms. The normalized spacial score (nSPS) is 12.4. The molecule has 0 atom stereocenters. The Morgan fingerprint density at radius 3 is 1.60 bits per heavy atom. The van der Waals surface area contributed by atoms with Crippen LogP contribution >= 0.6 is 0 Å². The highest BCUT2D eigenvalue weighted by Gasteiger charge is 2.26. The van der Waals surface area contributed by atoms with Crippen LogP contribution in [0.25, 0.3) is 116 Å². The maximum atomic E-state index is 4.91. The van der Waals surface area contributed by atoms with E-state index in [1.807, 2.05) is 0 Å². The average molecular weight is 813 g/mol. The van der Waals surface area contributed by atoms with Crippen LogP contribution in [0.15, 0.2) is 147 Å². The first-order chi connectivity index (χ1) is 30.1. The van der Waals surface area contributed by atoms with Gasteiger partial charge in [-0.15, -0.1) is 0 Å². The molecule has 11 aromatic carbocycles. The maximum Gasteiger partial charge on any atom is -0.00110 e. The summed E-state index contributed by atoms with van der Waals surface area (Å²) in [5.74, 6) is 0. The number of hydrogen-bond donors (Lipinski definition) is 0. The molecule has 11 aromatic rings. The van der Waals surface area contributed by atoms with Crippen LogP contribution in [-0.4, -0.2) is 0 Å². The van der Waals surface area contributed by atoms with Crippen molar-refractivity contribution in [3.63, 3.8) is 0 Å². The lowest BCUT2D eigenvalue weighted by Gasteiger charge is -2.27. The summed E-state index contributed by atoms with van der Waals surface area (Å²) in [6.45, 7) is 34.4. The molecule has 0 amide bonds. The van der Waals surface area contributed by atoms with Crippen LogP contribution < -0.4 is 5.22 Å². The maximum absolute atomic E-state index is 4.91. The molecule has 11 rings (SSSR count). The molecule has 0 unspecified atom stereocenters. The summed E-state index contributed by atoms with van der Waals surface area (Å²) < 4.78 is 0. The van der Waals surface area contributed by atoms with Crippen molar-refractivity contribution >= 4 is 104 Å². The van der Waals surface area contributed by atoms with Crippen LogP contribution in [0.3, 0.4) is 0 Å². The lowest BCUT2D eigenvalue weighted by molar-refractivity contribution is 0.569. The zero-order chi connectivity index (χ0) is 44.3. The number of benzene rings is 9. The third-order valence-electron chi connectivity index (χ3n) is 13.9. The van der Waals surface area contributed by atoms with E-state index in [0.29, 0.717) is 0 Å². The van der Waals surface area contributed by atoms with E-state index in [0.717, 1.165) is 16.4 Å². The van der Waals surface area contributed by atoms with Crippen molar-refractivity contribution < 1.29 is 0 Å². The Kier molecular flexibility index (Phi) is 9.22. The summed E-state index contributed by atoms with van der Waals surface area (Å²) >= 11 is 0. The molecule has 0 saturated carbocycles. The van der Waals surface area contributed by atoms with Crippen LogP contribution in [0.2, 0.25) is 0 Å². The van der Waals surface area contributed by atoms with E-state index < -0.39 is 0 Å². The molecule has 0 aromatic heterocycles. The fourth-order valence-electron chi connectivity index (χ4n) is 10.7. The number of hydrogen-bond acceptors (Lipinski definition) is 0. The molecule has 0 saturated heterocycles. The summed E-state index contributed by atoms with van der Waals surface area (Å²) in [6, 6.07) is 49.4. The van der Waals surface area contributed by atoms with Gasteiger partial charge in [-0.2, -0.15) is 0 Å². The first-order valence-corrected chi connectivity index (χ1v) is 22.4. The lowest BCUT2D eigenvalue weighted by Crippen LogP contribution is -2.16. The molecule has 0 nitrogen and oxygen atoms in total. The van der Waals surface area contributed by atoms with Gasteiger partial charge in [0.25, 0.3) is 0 Å². The Morgan fingerprint density at radius 2 is 1.02 bits per heavy atom. The second kappa shape index (κ2) is 14.4. The van der Waals surface area contributed by atoms with Crippen LogP contribution in [0.5, 0.6) is 0 Å². The molecule has 0 heterocycles. The van der Waals surface area contributed by atoms with Crippen LogP contribution in [0, 0.1) is 13.8 Å². The number of allylic oxidation sites excluding steroid dienone is 1. The molecule has 0 fully saturated rings. The number of rotatable bonds is 3. The van der Waals surface area contributed by atoms with Gasteiger partial charge in [-0.1, -0.05) is 194 Å². The molecule has 0 spiro atoms. The fraction of sp³-hybridized carbons (Fsp3) is 0.175. The van der Waals surface area contributed by atoms with Gasteiger partial charge < -0.3 is 0 Å². The molecular weight excluding hydrogens is 757 g/mol. The van der Waals surface area contributed by atoms with Gasteiger partial charge in [-0.05, 0) is 180 Å². The zero-order valence-electron chi connectivity index (χ0n) is 38.4. The van der Waals surface area contributed by atoms with Crippen molar-refractivity contribution in [2.45, 2.75) is 73.1 Å². The van der Waals surface area contributed by atoms with E-state index in [1.54, 1.807) is 0 Å². The minimum absolute atomic E-state index is 0.00602. The molecular formula is C63H56. The summed E-state index contributed by atoms with van der Waals surface area (Å²) in [4.78, 5) is 0. The molecule has 0 aliphatic heterocycles. The molecule has 0 aliphatic carbocycles. The third-order valence-corrected chi connectivity index (χ3v) is 13.9. The highest BCUT2D eigenvalue weighted by molar-refractivity contribution is 6.39. The lowest BCUT2D eigenvalue weighted by atomic mass is 9.78. The summed E-state index contributed by atoms with van der Waals surface area (Å²) in [6.07, 6.45) is 2.08.